The second-order valence-electron chi connectivity index (χ2n) is 3.31. The van der Waals surface area contributed by atoms with Crippen molar-refractivity contribution in [1.29, 1.82) is 0 Å². The summed E-state index contributed by atoms with van der Waals surface area (Å²) in [5, 5.41) is 2.78. The number of hydrogen-bond donors (Lipinski definition) is 2. The normalized spacial score (nSPS) is 11.9. The number of para-hydroxylation sites is 1. The molecule has 0 aromatic heterocycles. The Labute approximate surface area is 89.4 Å². The zero-order chi connectivity index (χ0) is 11.3. The Morgan fingerprint density at radius 3 is 2.80 bits per heavy atom. The van der Waals surface area contributed by atoms with E-state index >= 15 is 0 Å². The number of carbonyl (C=O) groups excluding carboxylic acids is 1. The van der Waals surface area contributed by atoms with Crippen LogP contribution in [0.25, 0.3) is 0 Å². The van der Waals surface area contributed by atoms with Crippen LogP contribution in [0.15, 0.2) is 24.3 Å². The summed E-state index contributed by atoms with van der Waals surface area (Å²) in [4.78, 5) is 11.7. The van der Waals surface area contributed by atoms with E-state index in [1.807, 2.05) is 13.0 Å². The van der Waals surface area contributed by atoms with Crippen molar-refractivity contribution in [2.45, 2.75) is 13.0 Å². The van der Waals surface area contributed by atoms with Gasteiger partial charge in [-0.25, -0.2) is 0 Å². The lowest BCUT2D eigenvalue weighted by Crippen LogP contribution is -2.37. The molecule has 0 aliphatic rings. The summed E-state index contributed by atoms with van der Waals surface area (Å²) in [5.74, 6) is 0.407. The summed E-state index contributed by atoms with van der Waals surface area (Å²) < 4.78 is 5.09. The van der Waals surface area contributed by atoms with Gasteiger partial charge in [-0.2, -0.15) is 0 Å². The third-order valence-electron chi connectivity index (χ3n) is 2.08. The second kappa shape index (κ2) is 5.36. The van der Waals surface area contributed by atoms with Crippen molar-refractivity contribution in [2.75, 3.05) is 13.7 Å². The van der Waals surface area contributed by atoms with Gasteiger partial charge in [0.25, 0.3) is 5.91 Å². The van der Waals surface area contributed by atoms with Crippen molar-refractivity contribution in [3.63, 3.8) is 0 Å². The minimum Gasteiger partial charge on any atom is -0.496 e. The fourth-order valence-electron chi connectivity index (χ4n) is 1.19. The van der Waals surface area contributed by atoms with Crippen LogP contribution in [0.3, 0.4) is 0 Å². The van der Waals surface area contributed by atoms with E-state index in [4.69, 9.17) is 10.5 Å². The molecule has 3 N–H and O–H groups in total. The van der Waals surface area contributed by atoms with Crippen molar-refractivity contribution >= 4 is 5.91 Å². The molecule has 0 spiro atoms. The third-order valence-corrected chi connectivity index (χ3v) is 2.08. The molecule has 1 aromatic rings. The number of methoxy groups -OCH3 is 1. The quantitative estimate of drug-likeness (QED) is 0.768. The number of benzene rings is 1. The highest BCUT2D eigenvalue weighted by Crippen LogP contribution is 2.16. The summed E-state index contributed by atoms with van der Waals surface area (Å²) in [6, 6.07) is 7.05. The van der Waals surface area contributed by atoms with Gasteiger partial charge in [0.1, 0.15) is 5.75 Å². The van der Waals surface area contributed by atoms with Gasteiger partial charge < -0.3 is 15.8 Å². The number of hydrogen-bond acceptors (Lipinski definition) is 3. The summed E-state index contributed by atoms with van der Waals surface area (Å²) in [6.45, 7) is 2.27. The van der Waals surface area contributed by atoms with Crippen LogP contribution >= 0.6 is 0 Å². The molecule has 0 saturated carbocycles. The first-order valence-electron chi connectivity index (χ1n) is 4.83. The topological polar surface area (TPSA) is 64.3 Å². The zero-order valence-corrected chi connectivity index (χ0v) is 8.99. The van der Waals surface area contributed by atoms with Gasteiger partial charge >= 0.3 is 0 Å². The van der Waals surface area contributed by atoms with Gasteiger partial charge in [0, 0.05) is 12.6 Å². The number of rotatable bonds is 4. The van der Waals surface area contributed by atoms with Crippen LogP contribution in [0.2, 0.25) is 0 Å². The first-order chi connectivity index (χ1) is 7.19. The summed E-state index contributed by atoms with van der Waals surface area (Å²) >= 11 is 0. The zero-order valence-electron chi connectivity index (χ0n) is 8.99. The lowest BCUT2D eigenvalue weighted by molar-refractivity contribution is 0.0938. The van der Waals surface area contributed by atoms with Crippen LogP contribution in [-0.4, -0.2) is 25.6 Å². The Morgan fingerprint density at radius 2 is 2.20 bits per heavy atom. The number of nitrogens with one attached hydrogen (secondary N) is 1. The molecule has 4 nitrogen and oxygen atoms in total. The maximum absolute atomic E-state index is 11.7. The molecule has 0 aliphatic heterocycles. The van der Waals surface area contributed by atoms with Crippen LogP contribution < -0.4 is 15.8 Å². The van der Waals surface area contributed by atoms with Gasteiger partial charge in [0.15, 0.2) is 0 Å². The van der Waals surface area contributed by atoms with Gasteiger partial charge in [0.05, 0.1) is 12.7 Å². The van der Waals surface area contributed by atoms with Crippen LogP contribution in [-0.2, 0) is 0 Å². The molecule has 1 aromatic carbocycles. The van der Waals surface area contributed by atoms with E-state index in [-0.39, 0.29) is 11.9 Å². The van der Waals surface area contributed by atoms with Gasteiger partial charge in [0.2, 0.25) is 0 Å². The summed E-state index contributed by atoms with van der Waals surface area (Å²) in [6.07, 6.45) is 0. The van der Waals surface area contributed by atoms with Gasteiger partial charge in [-0.15, -0.1) is 0 Å². The van der Waals surface area contributed by atoms with Crippen LogP contribution in [0.5, 0.6) is 5.75 Å². The lowest BCUT2D eigenvalue weighted by Gasteiger charge is -2.13. The predicted molar refractivity (Wildman–Crippen MR) is 59.0 cm³/mol. The second-order valence-corrected chi connectivity index (χ2v) is 3.31. The number of carbonyl (C=O) groups is 1. The molecule has 0 heterocycles. The molecule has 0 unspecified atom stereocenters. The lowest BCUT2D eigenvalue weighted by atomic mass is 10.2. The van der Waals surface area contributed by atoms with Crippen LogP contribution in [0.1, 0.15) is 17.3 Å². The van der Waals surface area contributed by atoms with Crippen LogP contribution in [0, 0.1) is 0 Å². The maximum Gasteiger partial charge on any atom is 0.255 e. The highest BCUT2D eigenvalue weighted by Gasteiger charge is 2.12. The average Bonchev–Trinajstić information content (AvgIpc) is 2.28. The predicted octanol–water partition coefficient (Wildman–Crippen LogP) is 0.772. The maximum atomic E-state index is 11.7. The molecular formula is C11H16N2O2. The van der Waals surface area contributed by atoms with E-state index < -0.39 is 0 Å². The molecule has 0 aliphatic carbocycles. The molecule has 0 fully saturated rings. The Hall–Kier alpha value is -1.55. The van der Waals surface area contributed by atoms with Crippen molar-refractivity contribution in [2.24, 2.45) is 5.73 Å². The minimum absolute atomic E-state index is 0.0394. The average molecular weight is 208 g/mol. The van der Waals surface area contributed by atoms with E-state index in [9.17, 15) is 4.79 Å². The molecule has 1 amide bonds. The Kier molecular flexibility index (Phi) is 4.12. The summed E-state index contributed by atoms with van der Waals surface area (Å²) in [7, 11) is 1.54. The first-order valence-corrected chi connectivity index (χ1v) is 4.83. The molecule has 0 bridgehead atoms. The first kappa shape index (κ1) is 11.5. The smallest absolute Gasteiger partial charge is 0.255 e. The number of amides is 1. The van der Waals surface area contributed by atoms with E-state index in [0.717, 1.165) is 0 Å². The minimum atomic E-state index is -0.162. The van der Waals surface area contributed by atoms with Crippen molar-refractivity contribution in [3.8, 4) is 5.75 Å². The molecular weight excluding hydrogens is 192 g/mol. The van der Waals surface area contributed by atoms with E-state index in [1.165, 1.54) is 0 Å². The fourth-order valence-corrected chi connectivity index (χ4v) is 1.19. The molecule has 4 heteroatoms. The third kappa shape index (κ3) is 2.95. The molecule has 0 saturated heterocycles. The molecule has 0 radical (unpaired) electrons. The molecule has 82 valence electrons. The Bertz CT molecular complexity index is 339. The number of nitrogens with two attached hydrogens (primary N) is 1. The fraction of sp³-hybridized carbons (Fsp3) is 0.364. The van der Waals surface area contributed by atoms with Gasteiger partial charge in [-0.3, -0.25) is 4.79 Å². The van der Waals surface area contributed by atoms with Gasteiger partial charge in [-0.05, 0) is 19.1 Å². The van der Waals surface area contributed by atoms with Crippen molar-refractivity contribution in [1.82, 2.24) is 5.32 Å². The van der Waals surface area contributed by atoms with E-state index in [0.29, 0.717) is 17.9 Å². The SMILES string of the molecule is COc1ccccc1C(=O)N[C@H](C)CN. The highest BCUT2D eigenvalue weighted by atomic mass is 16.5. The van der Waals surface area contributed by atoms with Crippen molar-refractivity contribution in [3.05, 3.63) is 29.8 Å². The van der Waals surface area contributed by atoms with Crippen molar-refractivity contribution < 1.29 is 9.53 Å². The van der Waals surface area contributed by atoms with Gasteiger partial charge in [-0.1, -0.05) is 12.1 Å². The van der Waals surface area contributed by atoms with E-state index in [2.05, 4.69) is 5.32 Å². The Morgan fingerprint density at radius 1 is 1.53 bits per heavy atom. The largest absolute Gasteiger partial charge is 0.496 e. The monoisotopic (exact) mass is 208 g/mol. The molecule has 1 atom stereocenters. The Balaban J connectivity index is 2.81. The number of ether oxygens (including phenoxy) is 1. The molecule has 15 heavy (non-hydrogen) atoms. The molecule has 1 rings (SSSR count). The van der Waals surface area contributed by atoms with Crippen LogP contribution in [0.4, 0.5) is 0 Å². The summed E-state index contributed by atoms with van der Waals surface area (Å²) in [5.41, 5.74) is 5.95. The van der Waals surface area contributed by atoms with E-state index in [1.54, 1.807) is 25.3 Å². The highest BCUT2D eigenvalue weighted by molar-refractivity contribution is 5.97. The standard InChI is InChI=1S/C11H16N2O2/c1-8(7-12)13-11(14)9-5-3-4-6-10(9)15-2/h3-6,8H,7,12H2,1-2H3,(H,13,14)/t8-/m1/s1.